The molecular formula is C56H105NO5. The lowest BCUT2D eigenvalue weighted by Gasteiger charge is -2.22. The number of nitrogens with one attached hydrogen (secondary N) is 1. The molecule has 0 rings (SSSR count). The molecule has 0 bridgehead atoms. The average Bonchev–Trinajstić information content (AvgIpc) is 3.27. The van der Waals surface area contributed by atoms with Crippen molar-refractivity contribution in [3.63, 3.8) is 0 Å². The van der Waals surface area contributed by atoms with Crippen LogP contribution in [0, 0.1) is 0 Å². The number of rotatable bonds is 50. The molecule has 62 heavy (non-hydrogen) atoms. The maximum absolute atomic E-state index is 12.4. The van der Waals surface area contributed by atoms with Crippen LogP contribution in [0.5, 0.6) is 0 Å². The molecule has 2 atom stereocenters. The molecule has 0 saturated heterocycles. The number of carbonyl (C=O) groups is 2. The zero-order valence-corrected chi connectivity index (χ0v) is 41.4. The normalized spacial score (nSPS) is 12.9. The van der Waals surface area contributed by atoms with Crippen molar-refractivity contribution in [2.24, 2.45) is 0 Å². The van der Waals surface area contributed by atoms with Crippen molar-refractivity contribution in [3.8, 4) is 0 Å². The van der Waals surface area contributed by atoms with Gasteiger partial charge in [0.15, 0.2) is 0 Å². The first kappa shape index (κ1) is 60.1. The molecule has 6 heteroatoms. The Morgan fingerprint density at radius 1 is 0.452 bits per heavy atom. The van der Waals surface area contributed by atoms with Crippen molar-refractivity contribution in [3.05, 3.63) is 36.5 Å². The Labute approximate surface area is 385 Å². The van der Waals surface area contributed by atoms with Crippen LogP contribution >= 0.6 is 0 Å². The fourth-order valence-corrected chi connectivity index (χ4v) is 8.18. The van der Waals surface area contributed by atoms with E-state index >= 15 is 0 Å². The van der Waals surface area contributed by atoms with Gasteiger partial charge >= 0.3 is 5.97 Å². The number of aliphatic hydroxyl groups is 2. The second-order valence-corrected chi connectivity index (χ2v) is 18.6. The predicted octanol–water partition coefficient (Wildman–Crippen LogP) is 16.5. The van der Waals surface area contributed by atoms with Gasteiger partial charge in [-0.25, -0.2) is 0 Å². The molecular weight excluding hydrogens is 767 g/mol. The van der Waals surface area contributed by atoms with E-state index in [0.717, 1.165) is 57.8 Å². The molecule has 0 spiro atoms. The van der Waals surface area contributed by atoms with Crippen LogP contribution in [0.15, 0.2) is 36.5 Å². The average molecular weight is 872 g/mol. The van der Waals surface area contributed by atoms with Crippen LogP contribution in [0.25, 0.3) is 0 Å². The van der Waals surface area contributed by atoms with Crippen molar-refractivity contribution in [2.75, 3.05) is 13.2 Å². The van der Waals surface area contributed by atoms with Crippen LogP contribution in [-0.2, 0) is 14.3 Å². The Hall–Kier alpha value is -1.92. The second-order valence-electron chi connectivity index (χ2n) is 18.6. The van der Waals surface area contributed by atoms with Crippen molar-refractivity contribution in [1.82, 2.24) is 5.32 Å². The molecule has 364 valence electrons. The Kier molecular flexibility index (Phi) is 50.1. The van der Waals surface area contributed by atoms with Gasteiger partial charge in [0, 0.05) is 12.8 Å². The van der Waals surface area contributed by atoms with Crippen molar-refractivity contribution >= 4 is 11.9 Å². The highest BCUT2D eigenvalue weighted by Gasteiger charge is 2.20. The number of esters is 1. The fraction of sp³-hybridized carbons (Fsp3) is 0.857. The molecule has 0 aromatic heterocycles. The topological polar surface area (TPSA) is 95.9 Å². The first-order valence-corrected chi connectivity index (χ1v) is 27.2. The van der Waals surface area contributed by atoms with E-state index < -0.39 is 12.1 Å². The molecule has 2 unspecified atom stereocenters. The number of amides is 1. The molecule has 6 nitrogen and oxygen atoms in total. The lowest BCUT2D eigenvalue weighted by molar-refractivity contribution is -0.143. The van der Waals surface area contributed by atoms with Gasteiger partial charge in [0.1, 0.15) is 0 Å². The first-order chi connectivity index (χ1) is 30.5. The fourth-order valence-electron chi connectivity index (χ4n) is 8.18. The highest BCUT2D eigenvalue weighted by Crippen LogP contribution is 2.16. The van der Waals surface area contributed by atoms with Crippen LogP contribution in [0.3, 0.4) is 0 Å². The number of aliphatic hydroxyl groups excluding tert-OH is 2. The minimum Gasteiger partial charge on any atom is -0.466 e. The minimum atomic E-state index is -0.670. The second kappa shape index (κ2) is 51.7. The van der Waals surface area contributed by atoms with E-state index in [-0.39, 0.29) is 18.5 Å². The van der Waals surface area contributed by atoms with Gasteiger partial charge in [-0.2, -0.15) is 0 Å². The largest absolute Gasteiger partial charge is 0.466 e. The summed E-state index contributed by atoms with van der Waals surface area (Å²) < 4.78 is 5.46. The first-order valence-electron chi connectivity index (χ1n) is 27.2. The van der Waals surface area contributed by atoms with Crippen LogP contribution in [0.1, 0.15) is 284 Å². The summed E-state index contributed by atoms with van der Waals surface area (Å²) in [4.78, 5) is 24.4. The third kappa shape index (κ3) is 47.6. The summed E-state index contributed by atoms with van der Waals surface area (Å²) >= 11 is 0. The minimum absolute atomic E-state index is 0.0111. The zero-order valence-electron chi connectivity index (χ0n) is 41.4. The molecule has 0 aliphatic rings. The number of allylic oxidation sites excluding steroid dienone is 6. The van der Waals surface area contributed by atoms with Crippen molar-refractivity contribution in [2.45, 2.75) is 296 Å². The van der Waals surface area contributed by atoms with Crippen LogP contribution < -0.4 is 5.32 Å². The van der Waals surface area contributed by atoms with Crippen LogP contribution in [-0.4, -0.2) is 47.4 Å². The maximum Gasteiger partial charge on any atom is 0.305 e. The number of carbonyl (C=O) groups excluding carboxylic acids is 2. The van der Waals surface area contributed by atoms with E-state index in [9.17, 15) is 19.8 Å². The molecule has 0 aromatic carbocycles. The standard InChI is InChI=1S/C56H105NO5/c1-3-5-7-9-11-13-15-17-26-30-34-38-42-46-50-56(61)62-51-47-43-39-35-31-27-24-22-20-18-19-21-23-25-29-33-37-41-45-49-55(60)57-53(52-58)54(59)48-44-40-36-32-28-16-14-12-10-8-6-4-2/h9,11,15,17-19,53-54,58-59H,3-8,10,12-14,16,20-52H2,1-2H3,(H,57,60)/b11-9-,17-15-,19-18-. The monoisotopic (exact) mass is 872 g/mol. The molecule has 0 aliphatic carbocycles. The van der Waals surface area contributed by atoms with Gasteiger partial charge in [-0.05, 0) is 77.0 Å². The molecule has 0 fully saturated rings. The van der Waals surface area contributed by atoms with Gasteiger partial charge in [0.25, 0.3) is 0 Å². The summed E-state index contributed by atoms with van der Waals surface area (Å²) in [6.07, 6.45) is 62.6. The molecule has 0 aliphatic heterocycles. The lowest BCUT2D eigenvalue weighted by Crippen LogP contribution is -2.45. The van der Waals surface area contributed by atoms with Gasteiger partial charge < -0.3 is 20.3 Å². The maximum atomic E-state index is 12.4. The number of hydrogen-bond donors (Lipinski definition) is 3. The SMILES string of the molecule is CCCC/C=C\C/C=C\CCCCCCCC(=O)OCCCCCCCCCC/C=C\CCCCCCCCCC(=O)NC(CO)C(O)CCCCCCCCCCCCCC. The van der Waals surface area contributed by atoms with Gasteiger partial charge in [0.05, 0.1) is 25.4 Å². The number of hydrogen-bond acceptors (Lipinski definition) is 5. The molecule has 1 amide bonds. The van der Waals surface area contributed by atoms with E-state index in [1.165, 1.54) is 193 Å². The van der Waals surface area contributed by atoms with Gasteiger partial charge in [0.2, 0.25) is 5.91 Å². The zero-order chi connectivity index (χ0) is 45.1. The molecule has 3 N–H and O–H groups in total. The number of unbranched alkanes of at least 4 members (excludes halogenated alkanes) is 33. The summed E-state index contributed by atoms with van der Waals surface area (Å²) in [5, 5.41) is 23.2. The highest BCUT2D eigenvalue weighted by atomic mass is 16.5. The summed E-state index contributed by atoms with van der Waals surface area (Å²) in [6, 6.07) is -0.548. The molecule has 0 saturated carbocycles. The summed E-state index contributed by atoms with van der Waals surface area (Å²) in [7, 11) is 0. The highest BCUT2D eigenvalue weighted by molar-refractivity contribution is 5.76. The van der Waals surface area contributed by atoms with E-state index in [1.807, 2.05) is 0 Å². The number of ether oxygens (including phenoxy) is 1. The van der Waals surface area contributed by atoms with E-state index in [0.29, 0.717) is 25.9 Å². The van der Waals surface area contributed by atoms with E-state index in [4.69, 9.17) is 4.74 Å². The molecule has 0 aromatic rings. The van der Waals surface area contributed by atoms with Crippen molar-refractivity contribution in [1.29, 1.82) is 0 Å². The summed E-state index contributed by atoms with van der Waals surface area (Å²) in [5.41, 5.74) is 0. The van der Waals surface area contributed by atoms with Gasteiger partial charge in [-0.15, -0.1) is 0 Å². The van der Waals surface area contributed by atoms with Crippen LogP contribution in [0.4, 0.5) is 0 Å². The van der Waals surface area contributed by atoms with Gasteiger partial charge in [-0.3, -0.25) is 9.59 Å². The smallest absolute Gasteiger partial charge is 0.305 e. The Morgan fingerprint density at radius 3 is 1.29 bits per heavy atom. The quantitative estimate of drug-likeness (QED) is 0.0321. The lowest BCUT2D eigenvalue weighted by atomic mass is 10.0. The molecule has 0 heterocycles. The Morgan fingerprint density at radius 2 is 0.823 bits per heavy atom. The summed E-state index contributed by atoms with van der Waals surface area (Å²) in [5.74, 6) is -0.0571. The molecule has 0 radical (unpaired) electrons. The van der Waals surface area contributed by atoms with E-state index in [2.05, 4.69) is 55.6 Å². The summed E-state index contributed by atoms with van der Waals surface area (Å²) in [6.45, 7) is 4.88. The third-order valence-corrected chi connectivity index (χ3v) is 12.4. The Balaban J connectivity index is 3.44. The third-order valence-electron chi connectivity index (χ3n) is 12.4. The van der Waals surface area contributed by atoms with Gasteiger partial charge in [-0.1, -0.05) is 230 Å². The van der Waals surface area contributed by atoms with E-state index in [1.54, 1.807) is 0 Å². The van der Waals surface area contributed by atoms with Crippen LogP contribution in [0.2, 0.25) is 0 Å². The van der Waals surface area contributed by atoms with Crippen molar-refractivity contribution < 1.29 is 24.5 Å². The predicted molar refractivity (Wildman–Crippen MR) is 269 cm³/mol. The Bertz CT molecular complexity index is 1010.